The number of ether oxygens (including phenoxy) is 2. The van der Waals surface area contributed by atoms with E-state index in [-0.39, 0.29) is 22.8 Å². The SMILES string of the molecule is CC1(C)CCC(CN2CCN(c3ccc(C(=O)NS(=O)(=O)c4ccc(NCCN5CC6CCC5CO6)c([N+](=O)[O-])c4)c(N4CCCOc5nc6[nH]ccc6cc54)c3)CC2)=C(c2ccc(Cl)cc2)C1. The molecule has 3 N–H and O–H groups in total. The quantitative estimate of drug-likeness (QED) is 0.0760. The highest BCUT2D eigenvalue weighted by Crippen LogP contribution is 2.44. The first kappa shape index (κ1) is 46.0. The van der Waals surface area contributed by atoms with Gasteiger partial charge < -0.3 is 29.6 Å². The van der Waals surface area contributed by atoms with Crippen LogP contribution in [0, 0.1) is 15.5 Å². The van der Waals surface area contributed by atoms with E-state index < -0.39 is 31.4 Å². The van der Waals surface area contributed by atoms with Gasteiger partial charge in [0.1, 0.15) is 17.0 Å². The molecule has 68 heavy (non-hydrogen) atoms. The number of amides is 1. The maximum absolute atomic E-state index is 14.4. The number of nitro groups is 1. The van der Waals surface area contributed by atoms with Gasteiger partial charge in [0.2, 0.25) is 5.88 Å². The molecule has 7 heterocycles. The number of morpholine rings is 1. The fourth-order valence-corrected chi connectivity index (χ4v) is 11.6. The molecule has 3 aromatic carbocycles. The lowest BCUT2D eigenvalue weighted by atomic mass is 9.72. The summed E-state index contributed by atoms with van der Waals surface area (Å²) in [7, 11) is -4.58. The Morgan fingerprint density at radius 1 is 1.00 bits per heavy atom. The highest BCUT2D eigenvalue weighted by atomic mass is 35.5. The molecule has 1 amide bonds. The fourth-order valence-electron chi connectivity index (χ4n) is 10.5. The molecule has 0 saturated carbocycles. The van der Waals surface area contributed by atoms with E-state index in [4.69, 9.17) is 26.1 Å². The number of fused-ring (bicyclic) bond motifs is 5. The molecule has 16 nitrogen and oxygen atoms in total. The van der Waals surface area contributed by atoms with Crippen LogP contribution >= 0.6 is 11.6 Å². The van der Waals surface area contributed by atoms with Gasteiger partial charge in [0.05, 0.1) is 40.4 Å². The highest BCUT2D eigenvalue weighted by Gasteiger charge is 2.35. The van der Waals surface area contributed by atoms with Gasteiger partial charge in [-0.15, -0.1) is 0 Å². The van der Waals surface area contributed by atoms with Gasteiger partial charge in [-0.3, -0.25) is 24.7 Å². The highest BCUT2D eigenvalue weighted by molar-refractivity contribution is 7.90. The minimum atomic E-state index is -4.58. The van der Waals surface area contributed by atoms with Crippen molar-refractivity contribution < 1.29 is 27.6 Å². The third kappa shape index (κ3) is 9.77. The largest absolute Gasteiger partial charge is 0.476 e. The Morgan fingerprint density at radius 3 is 2.57 bits per heavy atom. The third-order valence-corrected chi connectivity index (χ3v) is 15.9. The number of pyridine rings is 1. The minimum Gasteiger partial charge on any atom is -0.476 e. The molecular formula is C50H58ClN9O7S. The number of hydrogen-bond donors (Lipinski definition) is 3. The monoisotopic (exact) mass is 963 g/mol. The fraction of sp³-hybridized carbons (Fsp3) is 0.440. The second kappa shape index (κ2) is 19.0. The zero-order chi connectivity index (χ0) is 47.2. The Hall–Kier alpha value is -5.72. The smallest absolute Gasteiger partial charge is 0.293 e. The molecule has 2 bridgehead atoms. The molecule has 1 aliphatic carbocycles. The lowest BCUT2D eigenvalue weighted by molar-refractivity contribution is -0.384. The van der Waals surface area contributed by atoms with Gasteiger partial charge in [-0.05, 0) is 110 Å². The second-order valence-corrected chi connectivity index (χ2v) is 21.6. The zero-order valence-electron chi connectivity index (χ0n) is 38.5. The predicted molar refractivity (Wildman–Crippen MR) is 265 cm³/mol. The molecule has 2 atom stereocenters. The summed E-state index contributed by atoms with van der Waals surface area (Å²) in [6.45, 7) is 12.2. The van der Waals surface area contributed by atoms with Crippen molar-refractivity contribution in [3.05, 3.63) is 111 Å². The number of carbonyl (C=O) groups excluding carboxylic acids is 1. The van der Waals surface area contributed by atoms with E-state index in [0.29, 0.717) is 68.2 Å². The first-order valence-corrected chi connectivity index (χ1v) is 25.5. The zero-order valence-corrected chi connectivity index (χ0v) is 40.1. The minimum absolute atomic E-state index is 0.115. The summed E-state index contributed by atoms with van der Waals surface area (Å²) in [6.07, 6.45) is 7.93. The lowest BCUT2D eigenvalue weighted by Crippen LogP contribution is -2.55. The Kier molecular flexibility index (Phi) is 12.9. The molecule has 5 aliphatic heterocycles. The van der Waals surface area contributed by atoms with Gasteiger partial charge in [0.25, 0.3) is 21.6 Å². The summed E-state index contributed by atoms with van der Waals surface area (Å²) < 4.78 is 42.2. The van der Waals surface area contributed by atoms with Crippen LogP contribution in [-0.4, -0.2) is 123 Å². The van der Waals surface area contributed by atoms with Crippen LogP contribution < -0.4 is 24.6 Å². The number of carbonyl (C=O) groups is 1. The summed E-state index contributed by atoms with van der Waals surface area (Å²) in [5.74, 6) is -0.476. The van der Waals surface area contributed by atoms with Crippen molar-refractivity contribution in [1.29, 1.82) is 0 Å². The Balaban J connectivity index is 0.900. The van der Waals surface area contributed by atoms with Crippen LogP contribution in [0.15, 0.2) is 89.5 Å². The number of halogens is 1. The Labute approximate surface area is 401 Å². The molecular weight excluding hydrogens is 906 g/mol. The molecule has 5 aromatic rings. The molecule has 0 radical (unpaired) electrons. The number of sulfonamides is 1. The second-order valence-electron chi connectivity index (χ2n) is 19.5. The van der Waals surface area contributed by atoms with Gasteiger partial charge in [-0.2, -0.15) is 4.98 Å². The van der Waals surface area contributed by atoms with Crippen molar-refractivity contribution in [2.45, 2.75) is 69.4 Å². The van der Waals surface area contributed by atoms with Gasteiger partial charge in [0.15, 0.2) is 0 Å². The average Bonchev–Trinajstić information content (AvgIpc) is 3.70. The van der Waals surface area contributed by atoms with Crippen LogP contribution in [0.25, 0.3) is 16.6 Å². The molecule has 18 heteroatoms. The van der Waals surface area contributed by atoms with Gasteiger partial charge >= 0.3 is 0 Å². The number of piperidine rings is 1. The number of allylic oxidation sites excluding steroid dienone is 1. The van der Waals surface area contributed by atoms with Gasteiger partial charge in [0, 0.05) is 93.3 Å². The molecule has 11 rings (SSSR count). The van der Waals surface area contributed by atoms with Crippen molar-refractivity contribution in [2.75, 3.05) is 87.2 Å². The van der Waals surface area contributed by atoms with E-state index in [0.717, 1.165) is 93.5 Å². The summed E-state index contributed by atoms with van der Waals surface area (Å²) >= 11 is 6.28. The van der Waals surface area contributed by atoms with Crippen LogP contribution in [0.3, 0.4) is 0 Å². The summed E-state index contributed by atoms with van der Waals surface area (Å²) in [6, 6.07) is 21.6. The molecule has 6 aliphatic rings. The lowest BCUT2D eigenvalue weighted by Gasteiger charge is -2.45. The number of aromatic amines is 1. The van der Waals surface area contributed by atoms with Crippen LogP contribution in [0.1, 0.15) is 68.3 Å². The van der Waals surface area contributed by atoms with Crippen molar-refractivity contribution in [3.8, 4) is 5.88 Å². The standard InChI is InChI=1S/C50H58ClN9O7S/c1-50(2)16-14-35(42(29-50)33-4-6-36(51)7-5-33)30-56-21-23-57(24-22-56)37-9-12-41(44(27-37)59-19-3-25-66-49-46(59)26-34-15-17-53-47(34)54-49)48(61)55-68(64,65)40-11-13-43(45(28-40)60(62)63)52-18-20-58-31-39-10-8-38(58)32-67-39/h4-7,9,11-13,15,17,26-28,38-39,52H,3,8,10,14,16,18-25,29-32H2,1-2H3,(H,53,54)(H,55,61). The number of anilines is 4. The molecule has 358 valence electrons. The Bertz CT molecular complexity index is 2860. The number of nitro benzene ring substituents is 1. The van der Waals surface area contributed by atoms with Crippen molar-refractivity contribution >= 4 is 72.6 Å². The van der Waals surface area contributed by atoms with Crippen LogP contribution in [0.2, 0.25) is 5.02 Å². The van der Waals surface area contributed by atoms with E-state index in [1.165, 1.54) is 28.8 Å². The van der Waals surface area contributed by atoms with Gasteiger partial charge in [-0.25, -0.2) is 13.1 Å². The number of H-pyrrole nitrogens is 1. The number of aromatic nitrogens is 2. The number of nitrogens with one attached hydrogen (secondary N) is 3. The number of rotatable bonds is 13. The predicted octanol–water partition coefficient (Wildman–Crippen LogP) is 8.22. The van der Waals surface area contributed by atoms with Crippen LogP contribution in [-0.2, 0) is 14.8 Å². The summed E-state index contributed by atoms with van der Waals surface area (Å²) in [5.41, 5.74) is 6.95. The van der Waals surface area contributed by atoms with Crippen molar-refractivity contribution in [3.63, 3.8) is 0 Å². The third-order valence-electron chi connectivity index (χ3n) is 14.3. The maximum Gasteiger partial charge on any atom is 0.293 e. The molecule has 0 spiro atoms. The number of hydrogen-bond acceptors (Lipinski definition) is 13. The van der Waals surface area contributed by atoms with Crippen LogP contribution in [0.5, 0.6) is 5.88 Å². The van der Waals surface area contributed by atoms with Crippen molar-refractivity contribution in [2.24, 2.45) is 5.41 Å². The van der Waals surface area contributed by atoms with Crippen LogP contribution in [0.4, 0.5) is 28.4 Å². The van der Waals surface area contributed by atoms with E-state index in [1.807, 2.05) is 41.3 Å². The summed E-state index contributed by atoms with van der Waals surface area (Å²) in [4.78, 5) is 42.8. The molecule has 4 fully saturated rings. The first-order valence-electron chi connectivity index (χ1n) is 23.7. The maximum atomic E-state index is 14.4. The normalized spacial score (nSPS) is 21.0. The molecule has 4 saturated heterocycles. The van der Waals surface area contributed by atoms with Gasteiger partial charge in [-0.1, -0.05) is 43.2 Å². The topological polar surface area (TPSA) is 179 Å². The average molecular weight is 965 g/mol. The molecule has 2 unspecified atom stereocenters. The number of nitrogens with zero attached hydrogens (tertiary/aromatic N) is 6. The van der Waals surface area contributed by atoms with E-state index in [2.05, 4.69) is 55.7 Å². The number of piperazine rings is 1. The Morgan fingerprint density at radius 2 is 1.82 bits per heavy atom. The number of benzene rings is 3. The molecule has 2 aromatic heterocycles. The van der Waals surface area contributed by atoms with E-state index in [1.54, 1.807) is 12.3 Å². The summed E-state index contributed by atoms with van der Waals surface area (Å²) in [5, 5.41) is 17.0. The first-order chi connectivity index (χ1) is 32.8. The van der Waals surface area contributed by atoms with E-state index >= 15 is 0 Å². The van der Waals surface area contributed by atoms with Crippen molar-refractivity contribution in [1.82, 2.24) is 24.5 Å². The van der Waals surface area contributed by atoms with E-state index in [9.17, 15) is 23.3 Å².